The van der Waals surface area contributed by atoms with Crippen molar-refractivity contribution in [1.29, 1.82) is 5.26 Å². The number of rotatable bonds is 4. The van der Waals surface area contributed by atoms with Gasteiger partial charge in [0.15, 0.2) is 0 Å². The highest BCUT2D eigenvalue weighted by Gasteiger charge is 2.13. The Hall–Kier alpha value is -2.12. The van der Waals surface area contributed by atoms with Crippen LogP contribution in [0.2, 0.25) is 0 Å². The summed E-state index contributed by atoms with van der Waals surface area (Å²) in [6, 6.07) is 9.75. The Morgan fingerprint density at radius 3 is 2.89 bits per heavy atom. The maximum Gasteiger partial charge on any atom is 0.203 e. The quantitative estimate of drug-likeness (QED) is 0.825. The van der Waals surface area contributed by atoms with E-state index in [4.69, 9.17) is 9.68 Å². The second-order valence-corrected chi connectivity index (χ2v) is 4.26. The zero-order valence-electron chi connectivity index (χ0n) is 10.5. The van der Waals surface area contributed by atoms with E-state index in [1.165, 1.54) is 0 Å². The molecule has 2 aromatic rings. The maximum absolute atomic E-state index is 8.71. The number of furan rings is 1. The fraction of sp³-hybridized carbons (Fsp3) is 0.286. The molecule has 0 N–H and O–H groups in total. The summed E-state index contributed by atoms with van der Waals surface area (Å²) in [5.41, 5.74) is 1.16. The summed E-state index contributed by atoms with van der Waals surface area (Å²) in [7, 11) is 2.02. The van der Waals surface area contributed by atoms with Gasteiger partial charge in [0.2, 0.25) is 5.76 Å². The highest BCUT2D eigenvalue weighted by atomic mass is 16.3. The van der Waals surface area contributed by atoms with Crippen molar-refractivity contribution in [3.63, 3.8) is 0 Å². The predicted octanol–water partition coefficient (Wildman–Crippen LogP) is 2.74. The van der Waals surface area contributed by atoms with Crippen LogP contribution in [0.5, 0.6) is 0 Å². The van der Waals surface area contributed by atoms with E-state index in [0.717, 1.165) is 11.3 Å². The van der Waals surface area contributed by atoms with Gasteiger partial charge in [0, 0.05) is 18.4 Å². The third-order valence-electron chi connectivity index (χ3n) is 3.01. The predicted molar refractivity (Wildman–Crippen MR) is 67.5 cm³/mol. The molecule has 1 atom stereocenters. The SMILES string of the molecule is CC(c1cccnc1)N(C)Cc1ccc(C#N)o1. The molecule has 0 radical (unpaired) electrons. The molecular formula is C14H15N3O. The van der Waals surface area contributed by atoms with Gasteiger partial charge in [-0.25, -0.2) is 0 Å². The van der Waals surface area contributed by atoms with Crippen LogP contribution in [0.15, 0.2) is 41.1 Å². The van der Waals surface area contributed by atoms with Crippen LogP contribution in [-0.2, 0) is 6.54 Å². The topological polar surface area (TPSA) is 53.1 Å². The van der Waals surface area contributed by atoms with E-state index in [1.54, 1.807) is 12.3 Å². The minimum Gasteiger partial charge on any atom is -0.449 e. The number of nitrogens with zero attached hydrogens (tertiary/aromatic N) is 3. The van der Waals surface area contributed by atoms with Gasteiger partial charge in [-0.1, -0.05) is 6.07 Å². The van der Waals surface area contributed by atoms with Crippen LogP contribution in [0.1, 0.15) is 30.0 Å². The van der Waals surface area contributed by atoms with E-state index in [1.807, 2.05) is 31.4 Å². The van der Waals surface area contributed by atoms with Crippen LogP contribution in [0.25, 0.3) is 0 Å². The molecule has 0 aliphatic heterocycles. The normalized spacial score (nSPS) is 12.3. The Balaban J connectivity index is 2.04. The molecule has 0 aliphatic carbocycles. The molecule has 0 bridgehead atoms. The van der Waals surface area contributed by atoms with Gasteiger partial charge >= 0.3 is 0 Å². The molecule has 0 aromatic carbocycles. The summed E-state index contributed by atoms with van der Waals surface area (Å²) >= 11 is 0. The van der Waals surface area contributed by atoms with Gasteiger partial charge in [-0.15, -0.1) is 0 Å². The molecule has 1 unspecified atom stereocenters. The van der Waals surface area contributed by atoms with E-state index < -0.39 is 0 Å². The van der Waals surface area contributed by atoms with Gasteiger partial charge in [-0.2, -0.15) is 5.26 Å². The fourth-order valence-electron chi connectivity index (χ4n) is 1.78. The van der Waals surface area contributed by atoms with Gasteiger partial charge < -0.3 is 4.42 Å². The maximum atomic E-state index is 8.71. The molecule has 0 spiro atoms. The minimum atomic E-state index is 0.245. The number of hydrogen-bond donors (Lipinski definition) is 0. The first kappa shape index (κ1) is 12.3. The average Bonchev–Trinajstić information content (AvgIpc) is 2.86. The third kappa shape index (κ3) is 2.76. The van der Waals surface area contributed by atoms with Crippen molar-refractivity contribution < 1.29 is 4.42 Å². The Morgan fingerprint density at radius 2 is 2.28 bits per heavy atom. The van der Waals surface area contributed by atoms with Gasteiger partial charge in [0.25, 0.3) is 0 Å². The highest BCUT2D eigenvalue weighted by molar-refractivity contribution is 5.19. The molecule has 0 aliphatic rings. The monoisotopic (exact) mass is 241 g/mol. The molecule has 4 heteroatoms. The minimum absolute atomic E-state index is 0.245. The van der Waals surface area contributed by atoms with Crippen molar-refractivity contribution in [1.82, 2.24) is 9.88 Å². The van der Waals surface area contributed by atoms with E-state index in [0.29, 0.717) is 12.3 Å². The average molecular weight is 241 g/mol. The Morgan fingerprint density at radius 1 is 1.44 bits per heavy atom. The Kier molecular flexibility index (Phi) is 3.75. The molecule has 92 valence electrons. The van der Waals surface area contributed by atoms with Crippen LogP contribution in [0.4, 0.5) is 0 Å². The van der Waals surface area contributed by atoms with Crippen LogP contribution in [0, 0.1) is 11.3 Å². The van der Waals surface area contributed by atoms with Crippen LogP contribution >= 0.6 is 0 Å². The largest absolute Gasteiger partial charge is 0.449 e. The smallest absolute Gasteiger partial charge is 0.203 e. The van der Waals surface area contributed by atoms with Crippen molar-refractivity contribution in [2.45, 2.75) is 19.5 Å². The Labute approximate surface area is 106 Å². The van der Waals surface area contributed by atoms with E-state index in [2.05, 4.69) is 22.9 Å². The molecule has 0 saturated carbocycles. The summed E-state index contributed by atoms with van der Waals surface area (Å²) < 4.78 is 5.37. The number of aromatic nitrogens is 1. The lowest BCUT2D eigenvalue weighted by Crippen LogP contribution is -2.21. The summed E-state index contributed by atoms with van der Waals surface area (Å²) in [6.45, 7) is 2.78. The lowest BCUT2D eigenvalue weighted by molar-refractivity contribution is 0.231. The molecule has 2 aromatic heterocycles. The summed E-state index contributed by atoms with van der Waals surface area (Å²) in [5.74, 6) is 1.15. The van der Waals surface area contributed by atoms with E-state index in [9.17, 15) is 0 Å². The first-order valence-electron chi connectivity index (χ1n) is 5.79. The first-order chi connectivity index (χ1) is 8.70. The zero-order chi connectivity index (χ0) is 13.0. The van der Waals surface area contributed by atoms with Crippen molar-refractivity contribution in [3.05, 3.63) is 53.7 Å². The zero-order valence-corrected chi connectivity index (χ0v) is 10.5. The molecule has 2 rings (SSSR count). The molecule has 18 heavy (non-hydrogen) atoms. The second kappa shape index (κ2) is 5.48. The molecular weight excluding hydrogens is 226 g/mol. The first-order valence-corrected chi connectivity index (χ1v) is 5.79. The van der Waals surface area contributed by atoms with Crippen molar-refractivity contribution >= 4 is 0 Å². The van der Waals surface area contributed by atoms with Crippen molar-refractivity contribution in [3.8, 4) is 6.07 Å². The standard InChI is InChI=1S/C14H15N3O/c1-11(12-4-3-7-16-9-12)17(2)10-14-6-5-13(8-15)18-14/h3-7,9,11H,10H2,1-2H3. The summed E-state index contributed by atoms with van der Waals surface area (Å²) in [4.78, 5) is 6.27. The number of pyridine rings is 1. The van der Waals surface area contributed by atoms with Gasteiger partial charge in [0.05, 0.1) is 6.54 Å². The third-order valence-corrected chi connectivity index (χ3v) is 3.01. The number of hydrogen-bond acceptors (Lipinski definition) is 4. The van der Waals surface area contributed by atoms with Gasteiger partial charge in [-0.05, 0) is 37.7 Å². The lowest BCUT2D eigenvalue weighted by atomic mass is 10.1. The number of nitriles is 1. The van der Waals surface area contributed by atoms with Gasteiger partial charge in [-0.3, -0.25) is 9.88 Å². The van der Waals surface area contributed by atoms with Crippen molar-refractivity contribution in [2.75, 3.05) is 7.05 Å². The van der Waals surface area contributed by atoms with Crippen molar-refractivity contribution in [2.24, 2.45) is 0 Å². The van der Waals surface area contributed by atoms with Crippen LogP contribution in [-0.4, -0.2) is 16.9 Å². The molecule has 0 fully saturated rings. The van der Waals surface area contributed by atoms with E-state index in [-0.39, 0.29) is 6.04 Å². The summed E-state index contributed by atoms with van der Waals surface area (Å²) in [6.07, 6.45) is 3.63. The van der Waals surface area contributed by atoms with Crippen LogP contribution in [0.3, 0.4) is 0 Å². The molecule has 0 amide bonds. The fourth-order valence-corrected chi connectivity index (χ4v) is 1.78. The highest BCUT2D eigenvalue weighted by Crippen LogP contribution is 2.20. The van der Waals surface area contributed by atoms with E-state index >= 15 is 0 Å². The molecule has 4 nitrogen and oxygen atoms in total. The second-order valence-electron chi connectivity index (χ2n) is 4.26. The van der Waals surface area contributed by atoms with Gasteiger partial charge in [0.1, 0.15) is 11.8 Å². The van der Waals surface area contributed by atoms with Crippen LogP contribution < -0.4 is 0 Å². The summed E-state index contributed by atoms with van der Waals surface area (Å²) in [5, 5.41) is 8.71. The molecule has 2 heterocycles. The molecule has 0 saturated heterocycles. The lowest BCUT2D eigenvalue weighted by Gasteiger charge is -2.23. The Bertz CT molecular complexity index is 542.